The predicted octanol–water partition coefficient (Wildman–Crippen LogP) is 2.68. The lowest BCUT2D eigenvalue weighted by molar-refractivity contribution is -0.136. The van der Waals surface area contributed by atoms with Gasteiger partial charge >= 0.3 is 11.8 Å². The summed E-state index contributed by atoms with van der Waals surface area (Å²) in [6.07, 6.45) is -4.64. The van der Waals surface area contributed by atoms with Gasteiger partial charge in [-0.05, 0) is 18.2 Å². The van der Waals surface area contributed by atoms with E-state index in [0.29, 0.717) is 6.07 Å². The van der Waals surface area contributed by atoms with Crippen molar-refractivity contribution >= 4 is 11.0 Å². The third-order valence-electron chi connectivity index (χ3n) is 2.18. The highest BCUT2D eigenvalue weighted by molar-refractivity contribution is 5.81. The zero-order valence-electron chi connectivity index (χ0n) is 8.21. The van der Waals surface area contributed by atoms with Crippen molar-refractivity contribution in [1.29, 1.82) is 5.26 Å². The lowest BCUT2D eigenvalue weighted by atomic mass is 10.1. The average Bonchev–Trinajstić information content (AvgIpc) is 2.25. The Morgan fingerprint density at radius 1 is 1.24 bits per heavy atom. The van der Waals surface area contributed by atoms with Crippen molar-refractivity contribution in [3.63, 3.8) is 0 Å². The largest absolute Gasteiger partial charge is 0.423 e. The van der Waals surface area contributed by atoms with Gasteiger partial charge in [-0.3, -0.25) is 0 Å². The van der Waals surface area contributed by atoms with E-state index in [1.165, 1.54) is 6.07 Å². The van der Waals surface area contributed by atoms with E-state index in [4.69, 9.17) is 5.26 Å². The Bertz CT molecular complexity index is 680. The van der Waals surface area contributed by atoms with Gasteiger partial charge in [-0.1, -0.05) is 0 Å². The van der Waals surface area contributed by atoms with Gasteiger partial charge < -0.3 is 4.42 Å². The number of nitriles is 1. The average molecular weight is 239 g/mol. The Balaban J connectivity index is 2.88. The maximum absolute atomic E-state index is 12.6. The zero-order valence-corrected chi connectivity index (χ0v) is 8.21. The minimum Gasteiger partial charge on any atom is -0.423 e. The maximum atomic E-state index is 12.6. The number of fused-ring (bicyclic) bond motifs is 1. The van der Waals surface area contributed by atoms with Crippen LogP contribution in [0, 0.1) is 11.3 Å². The Morgan fingerprint density at radius 2 is 1.94 bits per heavy atom. The van der Waals surface area contributed by atoms with Crippen LogP contribution < -0.4 is 5.63 Å². The number of hydrogen-bond donors (Lipinski definition) is 0. The fraction of sp³-hybridized carbons (Fsp3) is 0.0909. The number of benzene rings is 1. The van der Waals surface area contributed by atoms with E-state index in [1.54, 1.807) is 6.07 Å². The van der Waals surface area contributed by atoms with Crippen LogP contribution in [0.2, 0.25) is 0 Å². The topological polar surface area (TPSA) is 54.0 Å². The molecule has 1 aromatic carbocycles. The van der Waals surface area contributed by atoms with Crippen LogP contribution in [0.25, 0.3) is 11.0 Å². The summed E-state index contributed by atoms with van der Waals surface area (Å²) in [5, 5.41) is 8.36. The molecule has 2 rings (SSSR count). The van der Waals surface area contributed by atoms with Gasteiger partial charge in [0.15, 0.2) is 0 Å². The first-order valence-corrected chi connectivity index (χ1v) is 4.47. The molecule has 17 heavy (non-hydrogen) atoms. The fourth-order valence-corrected chi connectivity index (χ4v) is 1.47. The number of alkyl halides is 3. The highest BCUT2D eigenvalue weighted by atomic mass is 19.4. The molecule has 1 heterocycles. The molecule has 3 nitrogen and oxygen atoms in total. The fourth-order valence-electron chi connectivity index (χ4n) is 1.47. The van der Waals surface area contributed by atoms with E-state index in [1.807, 2.05) is 0 Å². The molecular weight excluding hydrogens is 235 g/mol. The minimum atomic E-state index is -4.64. The van der Waals surface area contributed by atoms with Crippen LogP contribution >= 0.6 is 0 Å². The zero-order chi connectivity index (χ0) is 12.6. The van der Waals surface area contributed by atoms with E-state index in [0.717, 1.165) is 12.1 Å². The van der Waals surface area contributed by atoms with Crippen LogP contribution in [-0.4, -0.2) is 0 Å². The molecule has 0 bridgehead atoms. The molecule has 2 aromatic rings. The van der Waals surface area contributed by atoms with Crippen LogP contribution in [0.3, 0.4) is 0 Å². The van der Waals surface area contributed by atoms with Crippen molar-refractivity contribution in [2.45, 2.75) is 6.18 Å². The number of hydrogen-bond acceptors (Lipinski definition) is 3. The Morgan fingerprint density at radius 3 is 2.53 bits per heavy atom. The highest BCUT2D eigenvalue weighted by Crippen LogP contribution is 2.33. The van der Waals surface area contributed by atoms with Gasteiger partial charge in [0.1, 0.15) is 5.58 Å². The quantitative estimate of drug-likeness (QED) is 0.664. The van der Waals surface area contributed by atoms with Crippen LogP contribution in [0.5, 0.6) is 0 Å². The van der Waals surface area contributed by atoms with Gasteiger partial charge in [0.2, 0.25) is 0 Å². The molecule has 0 N–H and O–H groups in total. The van der Waals surface area contributed by atoms with Gasteiger partial charge in [0, 0.05) is 11.5 Å². The summed E-state index contributed by atoms with van der Waals surface area (Å²) < 4.78 is 42.5. The van der Waals surface area contributed by atoms with E-state index >= 15 is 0 Å². The van der Waals surface area contributed by atoms with Crippen molar-refractivity contribution in [3.05, 3.63) is 45.8 Å². The van der Waals surface area contributed by atoms with Crippen molar-refractivity contribution in [2.75, 3.05) is 0 Å². The third-order valence-corrected chi connectivity index (χ3v) is 2.18. The SMILES string of the molecule is N#Cc1ccc2c(C(F)(F)F)cc(=O)oc2c1. The van der Waals surface area contributed by atoms with Crippen LogP contribution in [-0.2, 0) is 6.18 Å². The van der Waals surface area contributed by atoms with Crippen LogP contribution in [0.1, 0.15) is 11.1 Å². The Hall–Kier alpha value is -2.29. The summed E-state index contributed by atoms with van der Waals surface area (Å²) in [6, 6.07) is 5.60. The smallest absolute Gasteiger partial charge is 0.417 e. The Kier molecular flexibility index (Phi) is 2.39. The van der Waals surface area contributed by atoms with Gasteiger partial charge in [-0.15, -0.1) is 0 Å². The monoisotopic (exact) mass is 239 g/mol. The summed E-state index contributed by atoms with van der Waals surface area (Å²) in [6.45, 7) is 0. The second kappa shape index (κ2) is 3.63. The first-order chi connectivity index (χ1) is 7.91. The van der Waals surface area contributed by atoms with Gasteiger partial charge in [-0.2, -0.15) is 18.4 Å². The number of rotatable bonds is 0. The summed E-state index contributed by atoms with van der Waals surface area (Å²) in [7, 11) is 0. The van der Waals surface area contributed by atoms with Crippen LogP contribution in [0.4, 0.5) is 13.2 Å². The minimum absolute atomic E-state index is 0.125. The molecule has 0 radical (unpaired) electrons. The molecule has 0 amide bonds. The molecule has 0 spiro atoms. The summed E-state index contributed by atoms with van der Waals surface area (Å²) in [5.74, 6) is 0. The third kappa shape index (κ3) is 1.99. The predicted molar refractivity (Wildman–Crippen MR) is 52.2 cm³/mol. The second-order valence-electron chi connectivity index (χ2n) is 3.30. The summed E-state index contributed by atoms with van der Waals surface area (Å²) >= 11 is 0. The molecule has 86 valence electrons. The van der Waals surface area contributed by atoms with Crippen molar-refractivity contribution in [2.24, 2.45) is 0 Å². The van der Waals surface area contributed by atoms with E-state index in [2.05, 4.69) is 4.42 Å². The van der Waals surface area contributed by atoms with E-state index in [9.17, 15) is 18.0 Å². The maximum Gasteiger partial charge on any atom is 0.417 e. The van der Waals surface area contributed by atoms with Gasteiger partial charge in [-0.25, -0.2) is 4.79 Å². The molecule has 0 aliphatic rings. The number of nitrogens with zero attached hydrogens (tertiary/aromatic N) is 1. The molecule has 0 aliphatic carbocycles. The second-order valence-corrected chi connectivity index (χ2v) is 3.30. The lowest BCUT2D eigenvalue weighted by Crippen LogP contribution is -2.10. The molecule has 0 saturated heterocycles. The lowest BCUT2D eigenvalue weighted by Gasteiger charge is -2.08. The van der Waals surface area contributed by atoms with Gasteiger partial charge in [0.25, 0.3) is 0 Å². The molecular formula is C11H4F3NO2. The van der Waals surface area contributed by atoms with E-state index in [-0.39, 0.29) is 16.5 Å². The molecule has 0 saturated carbocycles. The number of halogens is 3. The molecule has 0 aliphatic heterocycles. The highest BCUT2D eigenvalue weighted by Gasteiger charge is 2.33. The molecule has 1 aromatic heterocycles. The molecule has 0 unspecified atom stereocenters. The molecule has 6 heteroatoms. The molecule has 0 atom stereocenters. The first-order valence-electron chi connectivity index (χ1n) is 4.47. The van der Waals surface area contributed by atoms with Crippen molar-refractivity contribution in [3.8, 4) is 6.07 Å². The summed E-state index contributed by atoms with van der Waals surface area (Å²) in [5.41, 5.74) is -2.28. The normalized spacial score (nSPS) is 11.4. The Labute approximate surface area is 92.7 Å². The summed E-state index contributed by atoms with van der Waals surface area (Å²) in [4.78, 5) is 11.0. The van der Waals surface area contributed by atoms with Crippen LogP contribution in [0.15, 0.2) is 33.5 Å². The van der Waals surface area contributed by atoms with E-state index < -0.39 is 17.4 Å². The van der Waals surface area contributed by atoms with Gasteiger partial charge in [0.05, 0.1) is 17.2 Å². The first kappa shape index (κ1) is 11.2. The molecule has 0 fully saturated rings. The van der Waals surface area contributed by atoms with Crippen molar-refractivity contribution < 1.29 is 17.6 Å². The standard InChI is InChI=1S/C11H4F3NO2/c12-11(13,14)8-4-10(16)17-9-3-6(5-15)1-2-7(8)9/h1-4H. The van der Waals surface area contributed by atoms with Crippen molar-refractivity contribution in [1.82, 2.24) is 0 Å².